The Morgan fingerprint density at radius 2 is 1.92 bits per heavy atom. The molecule has 0 bridgehead atoms. The smallest absolute Gasteiger partial charge is 0.238 e. The molecule has 5 heteroatoms. The van der Waals surface area contributed by atoms with E-state index in [1.165, 1.54) is 0 Å². The predicted molar refractivity (Wildman–Crippen MR) is 92.8 cm³/mol. The van der Waals surface area contributed by atoms with Crippen LogP contribution >= 0.6 is 0 Å². The molecule has 0 unspecified atom stereocenters. The summed E-state index contributed by atoms with van der Waals surface area (Å²) < 4.78 is 7.37. The molecule has 124 valence electrons. The molecule has 0 aliphatic carbocycles. The fraction of sp³-hybridized carbons (Fsp3) is 0.316. The zero-order valence-electron chi connectivity index (χ0n) is 14.2. The molecule has 0 aliphatic heterocycles. The maximum Gasteiger partial charge on any atom is 0.238 e. The van der Waals surface area contributed by atoms with Crippen molar-refractivity contribution in [2.45, 2.75) is 33.1 Å². The number of hydrogen-bond acceptors (Lipinski definition) is 4. The zero-order valence-corrected chi connectivity index (χ0v) is 14.2. The lowest BCUT2D eigenvalue weighted by atomic mass is 10.1. The van der Waals surface area contributed by atoms with Crippen molar-refractivity contribution in [2.75, 3.05) is 7.11 Å². The van der Waals surface area contributed by atoms with Crippen molar-refractivity contribution in [3.63, 3.8) is 0 Å². The topological polar surface area (TPSA) is 56.5 Å². The maximum atomic E-state index is 12.6. The number of aryl methyl sites for hydroxylation is 1. The predicted octanol–water partition coefficient (Wildman–Crippen LogP) is 3.48. The number of carbonyl (C=O) groups excluding carboxylic acids is 1. The van der Waals surface area contributed by atoms with Gasteiger partial charge in [-0.05, 0) is 12.8 Å². The Kier molecular flexibility index (Phi) is 4.60. The van der Waals surface area contributed by atoms with E-state index in [2.05, 4.69) is 23.8 Å². The molecule has 0 aliphatic rings. The summed E-state index contributed by atoms with van der Waals surface area (Å²) in [5.74, 6) is 1.01. The van der Waals surface area contributed by atoms with Gasteiger partial charge in [0, 0.05) is 23.0 Å². The standard InChI is InChI=1S/C19H21N3O2/c1-4-9-14-16(5-2)22-12-15(20-19(22)21-18(14)24-3)17(23)13-10-7-6-8-11-13/h6-8,10-12H,4-5,9H2,1-3H3. The van der Waals surface area contributed by atoms with Crippen molar-refractivity contribution in [2.24, 2.45) is 0 Å². The van der Waals surface area contributed by atoms with Crippen LogP contribution in [0.5, 0.6) is 5.88 Å². The number of benzene rings is 1. The first kappa shape index (κ1) is 16.2. The summed E-state index contributed by atoms with van der Waals surface area (Å²) in [5.41, 5.74) is 3.21. The van der Waals surface area contributed by atoms with Crippen molar-refractivity contribution in [1.29, 1.82) is 0 Å². The van der Waals surface area contributed by atoms with Crippen LogP contribution in [0, 0.1) is 0 Å². The first-order valence-electron chi connectivity index (χ1n) is 8.24. The van der Waals surface area contributed by atoms with E-state index in [1.54, 1.807) is 25.4 Å². The lowest BCUT2D eigenvalue weighted by Gasteiger charge is -2.13. The monoisotopic (exact) mass is 323 g/mol. The number of imidazole rings is 1. The Hall–Kier alpha value is -2.69. The van der Waals surface area contributed by atoms with E-state index in [-0.39, 0.29) is 5.78 Å². The number of rotatable bonds is 6. The van der Waals surface area contributed by atoms with Crippen LogP contribution in [0.15, 0.2) is 36.5 Å². The van der Waals surface area contributed by atoms with Gasteiger partial charge >= 0.3 is 0 Å². The maximum absolute atomic E-state index is 12.6. The van der Waals surface area contributed by atoms with Crippen molar-refractivity contribution in [3.05, 3.63) is 59.0 Å². The summed E-state index contributed by atoms with van der Waals surface area (Å²) in [6.07, 6.45) is 4.49. The number of methoxy groups -OCH3 is 1. The first-order chi connectivity index (χ1) is 11.7. The molecule has 0 atom stereocenters. The van der Waals surface area contributed by atoms with Crippen molar-refractivity contribution in [3.8, 4) is 5.88 Å². The molecule has 5 nitrogen and oxygen atoms in total. The molecule has 0 saturated carbocycles. The third kappa shape index (κ3) is 2.77. The zero-order chi connectivity index (χ0) is 17.1. The van der Waals surface area contributed by atoms with Gasteiger partial charge in [0.2, 0.25) is 17.4 Å². The minimum Gasteiger partial charge on any atom is -0.481 e. The number of fused-ring (bicyclic) bond motifs is 1. The van der Waals surface area contributed by atoms with E-state index < -0.39 is 0 Å². The van der Waals surface area contributed by atoms with Crippen LogP contribution in [-0.2, 0) is 12.8 Å². The molecule has 0 spiro atoms. The van der Waals surface area contributed by atoms with Crippen LogP contribution in [0.1, 0.15) is 47.6 Å². The van der Waals surface area contributed by atoms with Crippen molar-refractivity contribution < 1.29 is 9.53 Å². The number of ether oxygens (including phenoxy) is 1. The van der Waals surface area contributed by atoms with Crippen LogP contribution < -0.4 is 4.74 Å². The molecule has 2 heterocycles. The van der Waals surface area contributed by atoms with E-state index >= 15 is 0 Å². The minimum atomic E-state index is -0.0980. The number of carbonyl (C=O) groups is 1. The Labute approximate surface area is 141 Å². The highest BCUT2D eigenvalue weighted by Crippen LogP contribution is 2.24. The first-order valence-corrected chi connectivity index (χ1v) is 8.24. The van der Waals surface area contributed by atoms with Crippen LogP contribution in [0.2, 0.25) is 0 Å². The van der Waals surface area contributed by atoms with Gasteiger partial charge in [0.1, 0.15) is 5.69 Å². The lowest BCUT2D eigenvalue weighted by molar-refractivity contribution is 0.103. The van der Waals surface area contributed by atoms with Gasteiger partial charge in [-0.1, -0.05) is 50.6 Å². The summed E-state index contributed by atoms with van der Waals surface area (Å²) in [7, 11) is 1.62. The molecule has 3 rings (SSSR count). The lowest BCUT2D eigenvalue weighted by Crippen LogP contribution is -2.07. The Morgan fingerprint density at radius 1 is 1.17 bits per heavy atom. The van der Waals surface area contributed by atoms with Crippen molar-refractivity contribution >= 4 is 11.6 Å². The summed E-state index contributed by atoms with van der Waals surface area (Å²) in [4.78, 5) is 21.6. The second kappa shape index (κ2) is 6.83. The van der Waals surface area contributed by atoms with E-state index in [9.17, 15) is 4.79 Å². The molecular weight excluding hydrogens is 302 g/mol. The Balaban J connectivity index is 2.15. The minimum absolute atomic E-state index is 0.0980. The fourth-order valence-electron chi connectivity index (χ4n) is 2.98. The number of hydrogen-bond donors (Lipinski definition) is 0. The molecule has 3 aromatic rings. The fourth-order valence-corrected chi connectivity index (χ4v) is 2.98. The molecule has 24 heavy (non-hydrogen) atoms. The van der Waals surface area contributed by atoms with E-state index in [0.717, 1.165) is 30.5 Å². The van der Waals surface area contributed by atoms with Gasteiger partial charge in [-0.15, -0.1) is 0 Å². The number of ketones is 1. The average Bonchev–Trinajstić information content (AvgIpc) is 3.05. The van der Waals surface area contributed by atoms with Gasteiger partial charge in [0.25, 0.3) is 0 Å². The molecular formula is C19H21N3O2. The highest BCUT2D eigenvalue weighted by atomic mass is 16.5. The summed E-state index contributed by atoms with van der Waals surface area (Å²) in [6, 6.07) is 9.18. The van der Waals surface area contributed by atoms with E-state index in [0.29, 0.717) is 22.9 Å². The highest BCUT2D eigenvalue weighted by molar-refractivity contribution is 6.07. The molecule has 2 aromatic heterocycles. The molecule has 0 radical (unpaired) electrons. The van der Waals surface area contributed by atoms with Gasteiger partial charge in [-0.3, -0.25) is 9.20 Å². The van der Waals surface area contributed by atoms with Crippen LogP contribution in [0.4, 0.5) is 0 Å². The molecule has 0 fully saturated rings. The van der Waals surface area contributed by atoms with Crippen LogP contribution in [-0.4, -0.2) is 27.3 Å². The van der Waals surface area contributed by atoms with Crippen molar-refractivity contribution in [1.82, 2.24) is 14.4 Å². The van der Waals surface area contributed by atoms with Gasteiger partial charge in [-0.2, -0.15) is 4.98 Å². The molecule has 0 saturated heterocycles. The summed E-state index contributed by atoms with van der Waals surface area (Å²) >= 11 is 0. The van der Waals surface area contributed by atoms with Gasteiger partial charge in [-0.25, -0.2) is 4.98 Å². The second-order valence-electron chi connectivity index (χ2n) is 5.64. The Morgan fingerprint density at radius 3 is 2.54 bits per heavy atom. The molecule has 0 amide bonds. The third-order valence-electron chi connectivity index (χ3n) is 4.08. The van der Waals surface area contributed by atoms with Gasteiger partial charge < -0.3 is 4.74 Å². The number of nitrogens with zero attached hydrogens (tertiary/aromatic N) is 3. The molecule has 0 N–H and O–H groups in total. The molecule has 1 aromatic carbocycles. The second-order valence-corrected chi connectivity index (χ2v) is 5.64. The largest absolute Gasteiger partial charge is 0.481 e. The van der Waals surface area contributed by atoms with Crippen LogP contribution in [0.3, 0.4) is 0 Å². The highest BCUT2D eigenvalue weighted by Gasteiger charge is 2.19. The Bertz CT molecular complexity index is 869. The van der Waals surface area contributed by atoms with Gasteiger partial charge in [0.05, 0.1) is 7.11 Å². The summed E-state index contributed by atoms with van der Waals surface area (Å²) in [5, 5.41) is 0. The summed E-state index contributed by atoms with van der Waals surface area (Å²) in [6.45, 7) is 4.22. The van der Waals surface area contributed by atoms with E-state index in [1.807, 2.05) is 22.6 Å². The van der Waals surface area contributed by atoms with E-state index in [4.69, 9.17) is 4.74 Å². The quantitative estimate of drug-likeness (QED) is 0.652. The third-order valence-corrected chi connectivity index (χ3v) is 4.08. The normalized spacial score (nSPS) is 11.0. The van der Waals surface area contributed by atoms with Crippen LogP contribution in [0.25, 0.3) is 5.78 Å². The SMILES string of the molecule is CCCc1c(OC)nc2nc(C(=O)c3ccccc3)cn2c1CC. The average molecular weight is 323 g/mol. The van der Waals surface area contributed by atoms with Gasteiger partial charge in [0.15, 0.2) is 0 Å². The number of aromatic nitrogens is 3.